The number of ether oxygens (including phenoxy) is 1. The third-order valence-electron chi connectivity index (χ3n) is 10.9. The molecule has 220 valence electrons. The number of methoxy groups -OCH3 is 1. The highest BCUT2D eigenvalue weighted by Crippen LogP contribution is 2.53. The van der Waals surface area contributed by atoms with Gasteiger partial charge in [-0.2, -0.15) is 0 Å². The molecule has 2 fully saturated rings. The molecule has 1 atom stereocenters. The van der Waals surface area contributed by atoms with Gasteiger partial charge in [-0.15, -0.1) is 0 Å². The molecule has 3 aromatic carbocycles. The highest BCUT2D eigenvalue weighted by Gasteiger charge is 2.49. The lowest BCUT2D eigenvalue weighted by Crippen LogP contribution is -2.45. The van der Waals surface area contributed by atoms with Crippen molar-refractivity contribution in [2.45, 2.75) is 94.9 Å². The molecular formula is C40H49NO. The highest BCUT2D eigenvalue weighted by atomic mass is 16.5. The van der Waals surface area contributed by atoms with Gasteiger partial charge in [-0.3, -0.25) is 0 Å². The smallest absolute Gasteiger partial charge is 0.0638 e. The summed E-state index contributed by atoms with van der Waals surface area (Å²) in [4.78, 5) is 2.62. The van der Waals surface area contributed by atoms with Crippen molar-refractivity contribution in [1.82, 2.24) is 0 Å². The van der Waals surface area contributed by atoms with Crippen molar-refractivity contribution in [2.24, 2.45) is 0 Å². The molecule has 0 saturated heterocycles. The Morgan fingerprint density at radius 1 is 0.833 bits per heavy atom. The Kier molecular flexibility index (Phi) is 8.72. The second-order valence-corrected chi connectivity index (χ2v) is 13.1. The number of benzene rings is 3. The van der Waals surface area contributed by atoms with Gasteiger partial charge >= 0.3 is 0 Å². The Bertz CT molecular complexity index is 1460. The first-order chi connectivity index (χ1) is 20.6. The Balaban J connectivity index is 1.30. The van der Waals surface area contributed by atoms with E-state index in [1.54, 1.807) is 11.1 Å². The van der Waals surface area contributed by atoms with Gasteiger partial charge in [0, 0.05) is 30.2 Å². The Morgan fingerprint density at radius 3 is 2.33 bits per heavy atom. The van der Waals surface area contributed by atoms with Crippen molar-refractivity contribution in [1.29, 1.82) is 0 Å². The fourth-order valence-electron chi connectivity index (χ4n) is 8.84. The maximum atomic E-state index is 5.56. The summed E-state index contributed by atoms with van der Waals surface area (Å²) in [7, 11) is 1.82. The predicted octanol–water partition coefficient (Wildman–Crippen LogP) is 10.1. The number of hydrogen-bond donors (Lipinski definition) is 0. The molecule has 3 aromatic rings. The molecule has 2 saturated carbocycles. The molecule has 0 bridgehead atoms. The van der Waals surface area contributed by atoms with Gasteiger partial charge in [-0.25, -0.2) is 0 Å². The first kappa shape index (κ1) is 29.0. The van der Waals surface area contributed by atoms with Crippen LogP contribution in [0, 0.1) is 6.92 Å². The Hall–Kier alpha value is -3.10. The minimum Gasteiger partial charge on any atom is -0.383 e. The number of para-hydroxylation sites is 1. The quantitative estimate of drug-likeness (QED) is 0.255. The summed E-state index contributed by atoms with van der Waals surface area (Å²) in [6.45, 7) is 6.39. The molecule has 1 heterocycles. The third-order valence-corrected chi connectivity index (χ3v) is 10.9. The van der Waals surface area contributed by atoms with Crippen LogP contribution in [0.15, 0.2) is 96.6 Å². The van der Waals surface area contributed by atoms with Crippen LogP contribution >= 0.6 is 0 Å². The SMILES string of the molecule is COCCN1c2ccccc2C2(CCCCC2)C1/C=C/C=C/C=C(/C)C1(c2c(C)ccc3ccccc23)CCCCC1. The Morgan fingerprint density at radius 2 is 1.55 bits per heavy atom. The molecule has 2 aliphatic carbocycles. The monoisotopic (exact) mass is 559 g/mol. The van der Waals surface area contributed by atoms with Crippen molar-refractivity contribution in [3.63, 3.8) is 0 Å². The van der Waals surface area contributed by atoms with Gasteiger partial charge in [0.05, 0.1) is 12.6 Å². The summed E-state index contributed by atoms with van der Waals surface area (Å²) < 4.78 is 5.56. The van der Waals surface area contributed by atoms with E-state index >= 15 is 0 Å². The lowest BCUT2D eigenvalue weighted by molar-refractivity contribution is 0.199. The van der Waals surface area contributed by atoms with Crippen LogP contribution in [-0.2, 0) is 15.6 Å². The van der Waals surface area contributed by atoms with Gasteiger partial charge in [0.1, 0.15) is 0 Å². The maximum absolute atomic E-state index is 5.56. The fraction of sp³-hybridized carbons (Fsp3) is 0.450. The van der Waals surface area contributed by atoms with E-state index in [0.29, 0.717) is 6.04 Å². The van der Waals surface area contributed by atoms with Crippen LogP contribution < -0.4 is 4.90 Å². The lowest BCUT2D eigenvalue weighted by atomic mass is 9.63. The summed E-state index contributed by atoms with van der Waals surface area (Å²) in [5.74, 6) is 0. The molecule has 42 heavy (non-hydrogen) atoms. The summed E-state index contributed by atoms with van der Waals surface area (Å²) in [5.41, 5.74) is 7.81. The molecule has 6 rings (SSSR count). The Labute approximate surface area is 254 Å². The van der Waals surface area contributed by atoms with Gasteiger partial charge < -0.3 is 9.64 Å². The number of allylic oxidation sites excluding steroid dienone is 5. The van der Waals surface area contributed by atoms with Crippen molar-refractivity contribution in [2.75, 3.05) is 25.2 Å². The van der Waals surface area contributed by atoms with Gasteiger partial charge in [0.25, 0.3) is 0 Å². The molecule has 0 aromatic heterocycles. The zero-order chi connectivity index (χ0) is 29.0. The van der Waals surface area contributed by atoms with Gasteiger partial charge in [0.2, 0.25) is 0 Å². The average Bonchev–Trinajstić information content (AvgIpc) is 3.27. The number of aryl methyl sites for hydroxylation is 1. The number of anilines is 1. The van der Waals surface area contributed by atoms with Gasteiger partial charge in [0.15, 0.2) is 0 Å². The largest absolute Gasteiger partial charge is 0.383 e. The number of hydrogen-bond acceptors (Lipinski definition) is 2. The van der Waals surface area contributed by atoms with Crippen molar-refractivity contribution < 1.29 is 4.74 Å². The zero-order valence-corrected chi connectivity index (χ0v) is 26.1. The van der Waals surface area contributed by atoms with E-state index in [0.717, 1.165) is 13.2 Å². The standard InChI is InChI=1S/C40H49NO/c1-31-23-24-33-18-9-10-19-34(33)38(31)39(25-13-5-14-26-39)32(2)17-7-4-8-22-37-40(27-15-6-16-28-40)35-20-11-12-21-36(35)41(37)29-30-42-3/h4,7-12,17-24,37H,5-6,13-16,25-30H2,1-3H3/b7-4+,22-8+,32-17-. The summed E-state index contributed by atoms with van der Waals surface area (Å²) in [5, 5.41) is 2.80. The van der Waals surface area contributed by atoms with Crippen LogP contribution in [0.5, 0.6) is 0 Å². The summed E-state index contributed by atoms with van der Waals surface area (Å²) >= 11 is 0. The van der Waals surface area contributed by atoms with E-state index in [1.807, 2.05) is 7.11 Å². The summed E-state index contributed by atoms with van der Waals surface area (Å²) in [6.07, 6.45) is 24.8. The van der Waals surface area contributed by atoms with E-state index < -0.39 is 0 Å². The van der Waals surface area contributed by atoms with E-state index in [4.69, 9.17) is 4.74 Å². The van der Waals surface area contributed by atoms with Crippen LogP contribution in [0.3, 0.4) is 0 Å². The molecule has 3 aliphatic rings. The van der Waals surface area contributed by atoms with Crippen LogP contribution in [0.2, 0.25) is 0 Å². The van der Waals surface area contributed by atoms with Crippen LogP contribution in [0.4, 0.5) is 5.69 Å². The lowest BCUT2D eigenvalue weighted by Gasteiger charge is -2.41. The van der Waals surface area contributed by atoms with Crippen molar-refractivity contribution >= 4 is 16.5 Å². The second kappa shape index (κ2) is 12.6. The number of rotatable bonds is 8. The number of nitrogens with zero attached hydrogens (tertiary/aromatic N) is 1. The van der Waals surface area contributed by atoms with E-state index in [2.05, 4.69) is 110 Å². The van der Waals surface area contributed by atoms with E-state index in [9.17, 15) is 0 Å². The molecule has 0 N–H and O–H groups in total. The molecule has 0 amide bonds. The topological polar surface area (TPSA) is 12.5 Å². The molecule has 2 heteroatoms. The average molecular weight is 560 g/mol. The number of fused-ring (bicyclic) bond motifs is 3. The van der Waals surface area contributed by atoms with Crippen LogP contribution in [0.25, 0.3) is 10.8 Å². The normalized spacial score (nSPS) is 22.0. The van der Waals surface area contributed by atoms with Crippen LogP contribution in [-0.4, -0.2) is 26.3 Å². The molecular weight excluding hydrogens is 510 g/mol. The molecule has 1 aliphatic heterocycles. The van der Waals surface area contributed by atoms with E-state index in [1.165, 1.54) is 91.8 Å². The summed E-state index contributed by atoms with van der Waals surface area (Å²) in [6, 6.07) is 23.2. The molecule has 1 unspecified atom stereocenters. The van der Waals surface area contributed by atoms with Gasteiger partial charge in [-0.1, -0.05) is 129 Å². The first-order valence-corrected chi connectivity index (χ1v) is 16.5. The van der Waals surface area contributed by atoms with Gasteiger partial charge in [-0.05, 0) is 73.1 Å². The molecule has 2 nitrogen and oxygen atoms in total. The zero-order valence-electron chi connectivity index (χ0n) is 26.1. The van der Waals surface area contributed by atoms with Crippen LogP contribution in [0.1, 0.15) is 87.8 Å². The fourth-order valence-corrected chi connectivity index (χ4v) is 8.84. The predicted molar refractivity (Wildman–Crippen MR) is 180 cm³/mol. The van der Waals surface area contributed by atoms with Crippen molar-refractivity contribution in [3.05, 3.63) is 113 Å². The van der Waals surface area contributed by atoms with Crippen molar-refractivity contribution in [3.8, 4) is 0 Å². The minimum atomic E-state index is 0.119. The first-order valence-electron chi connectivity index (χ1n) is 16.5. The maximum Gasteiger partial charge on any atom is 0.0638 e. The minimum absolute atomic E-state index is 0.119. The molecule has 0 radical (unpaired) electrons. The molecule has 1 spiro atoms. The third kappa shape index (κ3) is 5.17. The highest BCUT2D eigenvalue weighted by molar-refractivity contribution is 5.88. The van der Waals surface area contributed by atoms with E-state index in [-0.39, 0.29) is 10.8 Å². The second-order valence-electron chi connectivity index (χ2n) is 13.1.